The third kappa shape index (κ3) is 21.9. The second-order valence-electron chi connectivity index (χ2n) is 6.86. The van der Waals surface area contributed by atoms with Crippen LogP contribution in [0.3, 0.4) is 0 Å². The van der Waals surface area contributed by atoms with E-state index in [1.54, 1.807) is 0 Å². The molecule has 0 aliphatic carbocycles. The van der Waals surface area contributed by atoms with Crippen LogP contribution in [0.4, 0.5) is 0 Å². The Bertz CT molecular complexity index is 207. The second-order valence-corrected chi connectivity index (χ2v) is 6.86. The van der Waals surface area contributed by atoms with Crippen LogP contribution in [0, 0.1) is 0 Å². The van der Waals surface area contributed by atoms with Crippen LogP contribution in [0.25, 0.3) is 0 Å². The molecule has 140 valence electrons. The maximum absolute atomic E-state index is 8.62. The Labute approximate surface area is 144 Å². The Morgan fingerprint density at radius 1 is 0.565 bits per heavy atom. The van der Waals surface area contributed by atoms with Gasteiger partial charge in [0.25, 0.3) is 0 Å². The van der Waals surface area contributed by atoms with Gasteiger partial charge in [-0.2, -0.15) is 0 Å². The van der Waals surface area contributed by atoms with E-state index in [1.165, 1.54) is 96.3 Å². The SMILES string of the molecule is CCCCCCCCCCCCCCCCCCOCC(O)O. The molecule has 0 aromatic rings. The van der Waals surface area contributed by atoms with Crippen molar-refractivity contribution in [3.05, 3.63) is 0 Å². The highest BCUT2D eigenvalue weighted by Gasteiger charge is 1.97. The molecule has 3 heteroatoms. The Balaban J connectivity index is 2.95. The molecule has 0 saturated carbocycles. The van der Waals surface area contributed by atoms with E-state index in [4.69, 9.17) is 14.9 Å². The lowest BCUT2D eigenvalue weighted by Crippen LogP contribution is -2.14. The lowest BCUT2D eigenvalue weighted by atomic mass is 10.0. The van der Waals surface area contributed by atoms with Gasteiger partial charge in [0.05, 0.1) is 6.61 Å². The third-order valence-corrected chi connectivity index (χ3v) is 4.41. The number of ether oxygens (including phenoxy) is 1. The van der Waals surface area contributed by atoms with Crippen LogP contribution >= 0.6 is 0 Å². The summed E-state index contributed by atoms with van der Waals surface area (Å²) in [6, 6.07) is 0. The minimum absolute atomic E-state index is 0.0404. The molecule has 0 bridgehead atoms. The number of aliphatic hydroxyl groups is 2. The van der Waals surface area contributed by atoms with Gasteiger partial charge in [-0.15, -0.1) is 0 Å². The van der Waals surface area contributed by atoms with E-state index in [9.17, 15) is 0 Å². The van der Waals surface area contributed by atoms with Gasteiger partial charge >= 0.3 is 0 Å². The number of rotatable bonds is 19. The van der Waals surface area contributed by atoms with Crippen LogP contribution in [-0.4, -0.2) is 29.7 Å². The summed E-state index contributed by atoms with van der Waals surface area (Å²) in [7, 11) is 0. The Hall–Kier alpha value is -0.120. The zero-order valence-electron chi connectivity index (χ0n) is 15.6. The van der Waals surface area contributed by atoms with Gasteiger partial charge in [0, 0.05) is 6.61 Å². The largest absolute Gasteiger partial charge is 0.376 e. The molecule has 0 aliphatic rings. The summed E-state index contributed by atoms with van der Waals surface area (Å²) >= 11 is 0. The van der Waals surface area contributed by atoms with Gasteiger partial charge in [-0.05, 0) is 6.42 Å². The fraction of sp³-hybridized carbons (Fsp3) is 1.00. The Kier molecular flexibility index (Phi) is 19.8. The van der Waals surface area contributed by atoms with Gasteiger partial charge in [0.15, 0.2) is 6.29 Å². The van der Waals surface area contributed by atoms with Gasteiger partial charge < -0.3 is 14.9 Å². The molecular formula is C20H42O3. The van der Waals surface area contributed by atoms with Crippen molar-refractivity contribution >= 4 is 0 Å². The minimum Gasteiger partial charge on any atom is -0.376 e. The van der Waals surface area contributed by atoms with E-state index >= 15 is 0 Å². The van der Waals surface area contributed by atoms with Crippen molar-refractivity contribution in [2.45, 2.75) is 116 Å². The number of unbranched alkanes of at least 4 members (excludes halogenated alkanes) is 15. The normalized spacial score (nSPS) is 11.5. The van der Waals surface area contributed by atoms with Crippen molar-refractivity contribution in [3.63, 3.8) is 0 Å². The molecule has 0 spiro atoms. The van der Waals surface area contributed by atoms with Gasteiger partial charge in [-0.25, -0.2) is 0 Å². The van der Waals surface area contributed by atoms with Crippen LogP contribution in [0.15, 0.2) is 0 Å². The zero-order chi connectivity index (χ0) is 17.0. The minimum atomic E-state index is -1.32. The Morgan fingerprint density at radius 3 is 1.26 bits per heavy atom. The molecule has 0 heterocycles. The average Bonchev–Trinajstić information content (AvgIpc) is 2.53. The van der Waals surface area contributed by atoms with Crippen molar-refractivity contribution in [2.24, 2.45) is 0 Å². The lowest BCUT2D eigenvalue weighted by Gasteiger charge is -2.05. The molecule has 3 nitrogen and oxygen atoms in total. The van der Waals surface area contributed by atoms with Crippen molar-refractivity contribution < 1.29 is 14.9 Å². The first-order chi connectivity index (χ1) is 11.3. The first-order valence-electron chi connectivity index (χ1n) is 10.2. The van der Waals surface area contributed by atoms with Crippen molar-refractivity contribution in [3.8, 4) is 0 Å². The molecule has 0 aromatic heterocycles. The number of hydrogen-bond donors (Lipinski definition) is 2. The standard InChI is InChI=1S/C20H42O3/c1-2-3-4-5-6-7-8-9-10-11-12-13-14-15-16-17-18-23-19-20(21)22/h20-22H,2-19H2,1H3. The maximum Gasteiger partial charge on any atom is 0.175 e. The summed E-state index contributed by atoms with van der Waals surface area (Å²) in [6.07, 6.45) is 20.5. The highest BCUT2D eigenvalue weighted by molar-refractivity contribution is 4.50. The van der Waals surface area contributed by atoms with E-state index in [-0.39, 0.29) is 6.61 Å². The van der Waals surface area contributed by atoms with E-state index in [2.05, 4.69) is 6.92 Å². The molecule has 2 N–H and O–H groups in total. The summed E-state index contributed by atoms with van der Waals surface area (Å²) in [4.78, 5) is 0. The summed E-state index contributed by atoms with van der Waals surface area (Å²) in [6.45, 7) is 2.97. The van der Waals surface area contributed by atoms with Crippen LogP contribution in [-0.2, 0) is 4.74 Å². The lowest BCUT2D eigenvalue weighted by molar-refractivity contribution is -0.0949. The molecule has 0 rings (SSSR count). The van der Waals surface area contributed by atoms with Crippen molar-refractivity contribution in [1.82, 2.24) is 0 Å². The topological polar surface area (TPSA) is 49.7 Å². The average molecular weight is 331 g/mol. The summed E-state index contributed by atoms with van der Waals surface area (Å²) < 4.78 is 5.11. The molecule has 23 heavy (non-hydrogen) atoms. The highest BCUT2D eigenvalue weighted by atomic mass is 16.5. The molecule has 0 aromatic carbocycles. The molecule has 0 atom stereocenters. The monoisotopic (exact) mass is 330 g/mol. The second kappa shape index (κ2) is 19.9. The van der Waals surface area contributed by atoms with Gasteiger partial charge in [0.1, 0.15) is 0 Å². The van der Waals surface area contributed by atoms with Crippen molar-refractivity contribution in [2.75, 3.05) is 13.2 Å². The first kappa shape index (κ1) is 22.9. The van der Waals surface area contributed by atoms with E-state index < -0.39 is 6.29 Å². The first-order valence-corrected chi connectivity index (χ1v) is 10.2. The number of aliphatic hydroxyl groups excluding tert-OH is 1. The third-order valence-electron chi connectivity index (χ3n) is 4.41. The maximum atomic E-state index is 8.62. The molecule has 0 saturated heterocycles. The molecule has 0 unspecified atom stereocenters. The quantitative estimate of drug-likeness (QED) is 0.240. The molecule has 0 radical (unpaired) electrons. The van der Waals surface area contributed by atoms with Crippen molar-refractivity contribution in [1.29, 1.82) is 0 Å². The smallest absolute Gasteiger partial charge is 0.175 e. The van der Waals surface area contributed by atoms with E-state index in [1.807, 2.05) is 0 Å². The predicted molar refractivity (Wildman–Crippen MR) is 98.6 cm³/mol. The molecular weight excluding hydrogens is 288 g/mol. The summed E-state index contributed by atoms with van der Waals surface area (Å²) in [5, 5.41) is 17.2. The molecule has 0 aliphatic heterocycles. The van der Waals surface area contributed by atoms with Crippen LogP contribution in [0.5, 0.6) is 0 Å². The van der Waals surface area contributed by atoms with E-state index in [0.29, 0.717) is 6.61 Å². The predicted octanol–water partition coefficient (Wildman–Crippen LogP) is 5.58. The van der Waals surface area contributed by atoms with E-state index in [0.717, 1.165) is 6.42 Å². The van der Waals surface area contributed by atoms with Gasteiger partial charge in [0.2, 0.25) is 0 Å². The highest BCUT2D eigenvalue weighted by Crippen LogP contribution is 2.13. The molecule has 0 fully saturated rings. The van der Waals surface area contributed by atoms with Crippen LogP contribution < -0.4 is 0 Å². The summed E-state index contributed by atoms with van der Waals surface area (Å²) in [5.41, 5.74) is 0. The van der Waals surface area contributed by atoms with Crippen LogP contribution in [0.1, 0.15) is 110 Å². The Morgan fingerprint density at radius 2 is 0.913 bits per heavy atom. The fourth-order valence-electron chi connectivity index (χ4n) is 2.94. The fourth-order valence-corrected chi connectivity index (χ4v) is 2.94. The zero-order valence-corrected chi connectivity index (χ0v) is 15.6. The van der Waals surface area contributed by atoms with Gasteiger partial charge in [-0.3, -0.25) is 0 Å². The van der Waals surface area contributed by atoms with Gasteiger partial charge in [-0.1, -0.05) is 103 Å². The summed E-state index contributed by atoms with van der Waals surface area (Å²) in [5.74, 6) is 0. The van der Waals surface area contributed by atoms with Crippen LogP contribution in [0.2, 0.25) is 0 Å². The number of hydrogen-bond acceptors (Lipinski definition) is 3. The molecule has 0 amide bonds.